The summed E-state index contributed by atoms with van der Waals surface area (Å²) in [6, 6.07) is 4.06. The van der Waals surface area contributed by atoms with Crippen LogP contribution in [0.3, 0.4) is 0 Å². The van der Waals surface area contributed by atoms with Crippen LogP contribution in [0.15, 0.2) is 23.2 Å². The maximum atomic E-state index is 14.8. The van der Waals surface area contributed by atoms with E-state index in [1.54, 1.807) is 26.1 Å². The number of nitrogens with one attached hydrogen (secondary N) is 1. The summed E-state index contributed by atoms with van der Waals surface area (Å²) in [5, 5.41) is 22.8. The number of rotatable bonds is 4. The number of carbonyl (C=O) groups is 2. The van der Waals surface area contributed by atoms with Gasteiger partial charge in [0, 0.05) is 18.3 Å². The van der Waals surface area contributed by atoms with Crippen molar-refractivity contribution in [2.75, 3.05) is 12.4 Å². The summed E-state index contributed by atoms with van der Waals surface area (Å²) >= 11 is 0. The van der Waals surface area contributed by atoms with Crippen LogP contribution >= 0.6 is 0 Å². The molecular weight excluding hydrogens is 379 g/mol. The molecule has 0 saturated heterocycles. The van der Waals surface area contributed by atoms with Gasteiger partial charge in [-0.15, -0.1) is 0 Å². The molecule has 8 nitrogen and oxygen atoms in total. The average molecular weight is 402 g/mol. The molecule has 1 amide bonds. The summed E-state index contributed by atoms with van der Waals surface area (Å²) < 4.78 is 14.8. The van der Waals surface area contributed by atoms with Gasteiger partial charge < -0.3 is 21.3 Å². The average Bonchev–Trinajstić information content (AvgIpc) is 3.49. The number of carboxylic acid groups (broad SMARTS) is 1. The largest absolute Gasteiger partial charge is 0.481 e. The van der Waals surface area contributed by atoms with Gasteiger partial charge >= 0.3 is 5.97 Å². The second-order valence-corrected chi connectivity index (χ2v) is 8.98. The third-order valence-corrected chi connectivity index (χ3v) is 7.43. The summed E-state index contributed by atoms with van der Waals surface area (Å²) in [6.07, 6.45) is 0.149. The van der Waals surface area contributed by atoms with E-state index in [0.29, 0.717) is 18.5 Å². The molecule has 1 heterocycles. The number of carboxylic acids is 1. The number of aliphatic hydroxyl groups is 1. The first-order valence-electron chi connectivity index (χ1n) is 9.72. The highest BCUT2D eigenvalue weighted by molar-refractivity contribution is 6.04. The van der Waals surface area contributed by atoms with Gasteiger partial charge in [0.05, 0.1) is 23.5 Å². The maximum absolute atomic E-state index is 14.8. The molecule has 5 rings (SSSR count). The molecule has 3 saturated carbocycles. The molecule has 0 aromatic heterocycles. The predicted octanol–water partition coefficient (Wildman–Crippen LogP) is 0.710. The normalized spacial score (nSPS) is 42.1. The van der Waals surface area contributed by atoms with Gasteiger partial charge in [-0.05, 0) is 49.8 Å². The summed E-state index contributed by atoms with van der Waals surface area (Å²) in [4.78, 5) is 29.8. The Labute approximate surface area is 166 Å². The molecule has 1 aliphatic heterocycles. The minimum absolute atomic E-state index is 0.0267. The lowest BCUT2D eigenvalue weighted by molar-refractivity contribution is -0.139. The Balaban J connectivity index is 1.47. The van der Waals surface area contributed by atoms with E-state index >= 15 is 0 Å². The molecule has 0 radical (unpaired) electrons. The molecule has 5 N–H and O–H groups in total. The smallest absolute Gasteiger partial charge is 0.307 e. The van der Waals surface area contributed by atoms with Crippen LogP contribution in [0.1, 0.15) is 25.3 Å². The summed E-state index contributed by atoms with van der Waals surface area (Å²) in [7, 11) is 1.55. The van der Waals surface area contributed by atoms with E-state index in [4.69, 9.17) is 5.73 Å². The highest BCUT2D eigenvalue weighted by atomic mass is 19.1. The van der Waals surface area contributed by atoms with Crippen LogP contribution in [0.5, 0.6) is 0 Å². The minimum Gasteiger partial charge on any atom is -0.481 e. The lowest BCUT2D eigenvalue weighted by atomic mass is 9.91. The van der Waals surface area contributed by atoms with Crippen molar-refractivity contribution in [3.63, 3.8) is 0 Å². The van der Waals surface area contributed by atoms with Crippen molar-refractivity contribution < 1.29 is 24.2 Å². The van der Waals surface area contributed by atoms with Crippen LogP contribution in [-0.4, -0.2) is 52.1 Å². The number of hydrogen-bond acceptors (Lipinski definition) is 6. The predicted molar refractivity (Wildman–Crippen MR) is 101 cm³/mol. The standard InChI is InChI=1S/C20H23FN4O4/c1-19-7-20(19,24-18(22)25(2)17(19)29)10-5-8(3-4-11(10)21)23-15-12(26)6-9-13(15)14(9)16(27)28/h3-5,9,12-15,23,26H,6-7H2,1-2H3,(H2,22,24)(H,27,28)/t9-,12-,13+,14+,15?,19?,20-/m1/s1. The molecule has 29 heavy (non-hydrogen) atoms. The Morgan fingerprint density at radius 1 is 1.45 bits per heavy atom. The first kappa shape index (κ1) is 18.4. The number of fused-ring (bicyclic) bond motifs is 2. The molecule has 0 bridgehead atoms. The second kappa shape index (κ2) is 5.47. The molecule has 0 spiro atoms. The Kier molecular flexibility index (Phi) is 3.46. The third-order valence-electron chi connectivity index (χ3n) is 7.43. The number of benzene rings is 1. The van der Waals surface area contributed by atoms with Gasteiger partial charge in [-0.2, -0.15) is 0 Å². The quantitative estimate of drug-likeness (QED) is 0.587. The first-order valence-corrected chi connectivity index (χ1v) is 9.72. The summed E-state index contributed by atoms with van der Waals surface area (Å²) in [6.45, 7) is 1.76. The fourth-order valence-corrected chi connectivity index (χ4v) is 5.62. The van der Waals surface area contributed by atoms with E-state index in [0.717, 1.165) is 0 Å². The van der Waals surface area contributed by atoms with E-state index in [2.05, 4.69) is 10.3 Å². The van der Waals surface area contributed by atoms with E-state index in [1.807, 2.05) is 0 Å². The van der Waals surface area contributed by atoms with Gasteiger partial charge in [0.1, 0.15) is 11.4 Å². The van der Waals surface area contributed by atoms with Gasteiger partial charge in [-0.1, -0.05) is 0 Å². The van der Waals surface area contributed by atoms with E-state index in [1.165, 1.54) is 11.0 Å². The molecule has 1 aromatic carbocycles. The van der Waals surface area contributed by atoms with Gasteiger partial charge in [0.15, 0.2) is 5.96 Å². The van der Waals surface area contributed by atoms with Crippen molar-refractivity contribution in [1.29, 1.82) is 0 Å². The van der Waals surface area contributed by atoms with E-state index in [9.17, 15) is 24.2 Å². The van der Waals surface area contributed by atoms with Gasteiger partial charge in [-0.25, -0.2) is 9.38 Å². The van der Waals surface area contributed by atoms with Crippen molar-refractivity contribution in [3.05, 3.63) is 29.6 Å². The number of anilines is 1. The number of aliphatic carboxylic acids is 1. The number of aliphatic hydroxyl groups excluding tert-OH is 1. The molecule has 3 aliphatic carbocycles. The van der Waals surface area contributed by atoms with Gasteiger partial charge in [0.2, 0.25) is 5.91 Å². The topological polar surface area (TPSA) is 128 Å². The zero-order chi connectivity index (χ0) is 20.9. The Morgan fingerprint density at radius 2 is 2.17 bits per heavy atom. The highest BCUT2D eigenvalue weighted by Gasteiger charge is 2.74. The van der Waals surface area contributed by atoms with E-state index in [-0.39, 0.29) is 29.3 Å². The number of nitrogens with zero attached hydrogens (tertiary/aromatic N) is 2. The zero-order valence-corrected chi connectivity index (χ0v) is 16.1. The van der Waals surface area contributed by atoms with E-state index < -0.39 is 40.8 Å². The Bertz CT molecular complexity index is 983. The number of hydrogen-bond donors (Lipinski definition) is 4. The van der Waals surface area contributed by atoms with Gasteiger partial charge in [-0.3, -0.25) is 14.5 Å². The summed E-state index contributed by atoms with van der Waals surface area (Å²) in [5.74, 6) is -2.08. The van der Waals surface area contributed by atoms with Crippen LogP contribution in [0.4, 0.5) is 10.1 Å². The van der Waals surface area contributed by atoms with Crippen molar-refractivity contribution in [3.8, 4) is 0 Å². The number of nitrogens with two attached hydrogens (primary N) is 1. The first-order chi connectivity index (χ1) is 13.6. The zero-order valence-electron chi connectivity index (χ0n) is 16.1. The van der Waals surface area contributed by atoms with Crippen LogP contribution in [0.25, 0.3) is 0 Å². The number of halogens is 1. The van der Waals surface area contributed by atoms with Crippen LogP contribution < -0.4 is 11.1 Å². The number of aliphatic imine (C=N–C) groups is 1. The van der Waals surface area contributed by atoms with Gasteiger partial charge in [0.25, 0.3) is 0 Å². The summed E-state index contributed by atoms with van der Waals surface area (Å²) in [5.41, 5.74) is 4.85. The molecule has 3 fully saturated rings. The fraction of sp³-hybridized carbons (Fsp3) is 0.550. The molecule has 154 valence electrons. The molecule has 1 aromatic rings. The number of carbonyl (C=O) groups excluding carboxylic acids is 1. The number of guanidine groups is 1. The van der Waals surface area contributed by atoms with Crippen molar-refractivity contribution in [2.45, 2.75) is 37.5 Å². The third kappa shape index (κ3) is 2.24. The lowest BCUT2D eigenvalue weighted by Gasteiger charge is -2.31. The maximum Gasteiger partial charge on any atom is 0.307 e. The van der Waals surface area contributed by atoms with Crippen molar-refractivity contribution in [2.24, 2.45) is 33.9 Å². The van der Waals surface area contributed by atoms with Crippen LogP contribution in [0.2, 0.25) is 0 Å². The molecule has 7 atom stereocenters. The van der Waals surface area contributed by atoms with Crippen molar-refractivity contribution >= 4 is 23.5 Å². The van der Waals surface area contributed by atoms with Crippen LogP contribution in [0, 0.1) is 29.0 Å². The molecule has 4 aliphatic rings. The lowest BCUT2D eigenvalue weighted by Crippen LogP contribution is -2.48. The van der Waals surface area contributed by atoms with Crippen LogP contribution in [-0.2, 0) is 15.1 Å². The second-order valence-electron chi connectivity index (χ2n) is 8.98. The Morgan fingerprint density at radius 3 is 2.86 bits per heavy atom. The number of amides is 1. The minimum atomic E-state index is -1.04. The monoisotopic (exact) mass is 402 g/mol. The molecule has 2 unspecified atom stereocenters. The SMILES string of the molecule is CN1C(=O)C2(C)C[C@]2(c2cc(NC3[C@H]4[C@@H](C[C@H]3O)[C@@H]4C(=O)O)ccc2F)N=C1N. The fourth-order valence-electron chi connectivity index (χ4n) is 5.62. The highest BCUT2D eigenvalue weighted by Crippen LogP contribution is 2.68. The molecule has 9 heteroatoms. The van der Waals surface area contributed by atoms with Crippen molar-refractivity contribution in [1.82, 2.24) is 4.90 Å². The molecular formula is C20H23FN4O4. The Hall–Kier alpha value is -2.68.